The summed E-state index contributed by atoms with van der Waals surface area (Å²) in [7, 11) is 0. The van der Waals surface area contributed by atoms with Crippen LogP contribution in [0, 0.1) is 6.92 Å². The van der Waals surface area contributed by atoms with Crippen molar-refractivity contribution in [3.8, 4) is 0 Å². The van der Waals surface area contributed by atoms with E-state index in [1.54, 1.807) is 6.20 Å². The molecule has 0 aliphatic heterocycles. The van der Waals surface area contributed by atoms with Gasteiger partial charge in [0.05, 0.1) is 6.20 Å². The first-order valence-electron chi connectivity index (χ1n) is 6.44. The molecule has 0 amide bonds. The molecule has 0 unspecified atom stereocenters. The fraction of sp³-hybridized carbons (Fsp3) is 0.286. The zero-order valence-electron chi connectivity index (χ0n) is 11.0. The molecule has 0 saturated heterocycles. The minimum atomic E-state index is 0.503. The Hall–Kier alpha value is -1.33. The van der Waals surface area contributed by atoms with Crippen molar-refractivity contribution in [3.05, 3.63) is 39.5 Å². The second-order valence-electron chi connectivity index (χ2n) is 4.90. The van der Waals surface area contributed by atoms with Gasteiger partial charge in [0.15, 0.2) is 5.82 Å². The van der Waals surface area contributed by atoms with E-state index in [0.717, 1.165) is 10.2 Å². The minimum Gasteiger partial charge on any atom is -0.366 e. The smallest absolute Gasteiger partial charge is 0.229 e. The van der Waals surface area contributed by atoms with E-state index >= 15 is 0 Å². The van der Waals surface area contributed by atoms with Crippen LogP contribution < -0.4 is 10.6 Å². The van der Waals surface area contributed by atoms with E-state index in [0.29, 0.717) is 22.8 Å². The van der Waals surface area contributed by atoms with Gasteiger partial charge in [-0.2, -0.15) is 4.98 Å². The lowest BCUT2D eigenvalue weighted by Gasteiger charge is -2.10. The van der Waals surface area contributed by atoms with Crippen molar-refractivity contribution in [1.29, 1.82) is 0 Å². The maximum Gasteiger partial charge on any atom is 0.229 e. The van der Waals surface area contributed by atoms with Crippen LogP contribution in [0.1, 0.15) is 18.4 Å². The largest absolute Gasteiger partial charge is 0.366 e. The first kappa shape index (κ1) is 13.6. The molecule has 1 aromatic carbocycles. The average molecular weight is 354 g/mol. The normalized spacial score (nSPS) is 14.2. The molecule has 0 bridgehead atoms. The van der Waals surface area contributed by atoms with E-state index < -0.39 is 0 Å². The predicted molar refractivity (Wildman–Crippen MR) is 85.8 cm³/mol. The third-order valence-corrected chi connectivity index (χ3v) is 4.22. The summed E-state index contributed by atoms with van der Waals surface area (Å²) in [5, 5.41) is 7.03. The monoisotopic (exact) mass is 352 g/mol. The topological polar surface area (TPSA) is 49.8 Å². The Morgan fingerprint density at radius 1 is 1.35 bits per heavy atom. The summed E-state index contributed by atoms with van der Waals surface area (Å²) in [5.41, 5.74) is 2.12. The van der Waals surface area contributed by atoms with Gasteiger partial charge in [-0.05, 0) is 37.5 Å². The number of nitrogens with zero attached hydrogens (tertiary/aromatic N) is 2. The summed E-state index contributed by atoms with van der Waals surface area (Å²) in [6, 6.07) is 6.53. The number of halogens is 2. The molecule has 1 aromatic heterocycles. The highest BCUT2D eigenvalue weighted by molar-refractivity contribution is 9.10. The van der Waals surface area contributed by atoms with E-state index in [1.165, 1.54) is 18.4 Å². The molecular formula is C14H14BrClN4. The Morgan fingerprint density at radius 2 is 2.15 bits per heavy atom. The van der Waals surface area contributed by atoms with E-state index in [4.69, 9.17) is 11.6 Å². The van der Waals surface area contributed by atoms with Gasteiger partial charge >= 0.3 is 0 Å². The second-order valence-corrected chi connectivity index (χ2v) is 6.16. The lowest BCUT2D eigenvalue weighted by atomic mass is 10.2. The number of nitrogens with one attached hydrogen (secondary N) is 2. The van der Waals surface area contributed by atoms with E-state index in [1.807, 2.05) is 25.1 Å². The SMILES string of the molecule is Cc1ccc(Nc2ncc(Cl)c(NC3CC3)n2)cc1Br. The van der Waals surface area contributed by atoms with Crippen LogP contribution in [0.15, 0.2) is 28.9 Å². The summed E-state index contributed by atoms with van der Waals surface area (Å²) in [4.78, 5) is 8.62. The first-order valence-corrected chi connectivity index (χ1v) is 7.61. The lowest BCUT2D eigenvalue weighted by molar-refractivity contribution is 1.08. The van der Waals surface area contributed by atoms with Gasteiger partial charge in [0.2, 0.25) is 5.95 Å². The van der Waals surface area contributed by atoms with Crippen molar-refractivity contribution in [2.45, 2.75) is 25.8 Å². The molecule has 1 aliphatic carbocycles. The molecule has 1 saturated carbocycles. The van der Waals surface area contributed by atoms with Crippen LogP contribution >= 0.6 is 27.5 Å². The Kier molecular flexibility index (Phi) is 3.81. The molecule has 1 heterocycles. The molecule has 1 aliphatic rings. The van der Waals surface area contributed by atoms with Gasteiger partial charge in [-0.1, -0.05) is 33.6 Å². The number of rotatable bonds is 4. The molecule has 1 fully saturated rings. The van der Waals surface area contributed by atoms with Crippen LogP contribution in [0.4, 0.5) is 17.5 Å². The van der Waals surface area contributed by atoms with Crippen molar-refractivity contribution >= 4 is 45.0 Å². The second kappa shape index (κ2) is 5.58. The molecule has 2 N–H and O–H groups in total. The van der Waals surface area contributed by atoms with Crippen molar-refractivity contribution in [2.75, 3.05) is 10.6 Å². The van der Waals surface area contributed by atoms with Crippen molar-refractivity contribution in [3.63, 3.8) is 0 Å². The summed E-state index contributed by atoms with van der Waals surface area (Å²) >= 11 is 9.61. The molecule has 20 heavy (non-hydrogen) atoms. The van der Waals surface area contributed by atoms with Gasteiger partial charge in [-0.3, -0.25) is 0 Å². The molecule has 6 heteroatoms. The standard InChI is InChI=1S/C14H14BrClN4/c1-8-2-3-10(6-11(8)15)19-14-17-7-12(16)13(20-14)18-9-4-5-9/h2-3,6-7,9H,4-5H2,1H3,(H2,17,18,19,20). The maximum absolute atomic E-state index is 6.09. The van der Waals surface area contributed by atoms with Crippen LogP contribution in [-0.2, 0) is 0 Å². The fourth-order valence-electron chi connectivity index (χ4n) is 1.75. The number of aromatic nitrogens is 2. The number of hydrogen-bond donors (Lipinski definition) is 2. The van der Waals surface area contributed by atoms with Crippen molar-refractivity contribution in [1.82, 2.24) is 9.97 Å². The van der Waals surface area contributed by atoms with Crippen LogP contribution in [-0.4, -0.2) is 16.0 Å². The molecule has 0 radical (unpaired) electrons. The number of anilines is 3. The quantitative estimate of drug-likeness (QED) is 0.848. The molecule has 4 nitrogen and oxygen atoms in total. The first-order chi connectivity index (χ1) is 9.61. The summed E-state index contributed by atoms with van der Waals surface area (Å²) in [6.07, 6.45) is 3.97. The van der Waals surface area contributed by atoms with Gasteiger partial charge in [0.1, 0.15) is 5.02 Å². The minimum absolute atomic E-state index is 0.503. The van der Waals surface area contributed by atoms with Gasteiger partial charge < -0.3 is 10.6 Å². The van der Waals surface area contributed by atoms with Crippen LogP contribution in [0.5, 0.6) is 0 Å². The summed E-state index contributed by atoms with van der Waals surface area (Å²) < 4.78 is 1.05. The number of benzene rings is 1. The summed E-state index contributed by atoms with van der Waals surface area (Å²) in [5.74, 6) is 1.23. The highest BCUT2D eigenvalue weighted by Crippen LogP contribution is 2.29. The Bertz CT molecular complexity index is 643. The number of aryl methyl sites for hydroxylation is 1. The number of hydrogen-bond acceptors (Lipinski definition) is 4. The third-order valence-electron chi connectivity index (χ3n) is 3.09. The van der Waals surface area contributed by atoms with Crippen LogP contribution in [0.25, 0.3) is 0 Å². The average Bonchev–Trinajstić information content (AvgIpc) is 3.22. The van der Waals surface area contributed by atoms with Crippen LogP contribution in [0.2, 0.25) is 5.02 Å². The van der Waals surface area contributed by atoms with Crippen LogP contribution in [0.3, 0.4) is 0 Å². The predicted octanol–water partition coefficient (Wildman–Crippen LogP) is 4.52. The zero-order chi connectivity index (χ0) is 14.1. The van der Waals surface area contributed by atoms with E-state index in [2.05, 4.69) is 36.5 Å². The molecular weight excluding hydrogens is 340 g/mol. The third kappa shape index (κ3) is 3.22. The zero-order valence-corrected chi connectivity index (χ0v) is 13.3. The Labute approximate surface area is 131 Å². The van der Waals surface area contributed by atoms with Gasteiger partial charge in [0.25, 0.3) is 0 Å². The maximum atomic E-state index is 6.09. The van der Waals surface area contributed by atoms with Gasteiger partial charge in [-0.25, -0.2) is 4.98 Å². The molecule has 0 spiro atoms. The summed E-state index contributed by atoms with van der Waals surface area (Å²) in [6.45, 7) is 2.05. The van der Waals surface area contributed by atoms with E-state index in [9.17, 15) is 0 Å². The molecule has 104 valence electrons. The lowest BCUT2D eigenvalue weighted by Crippen LogP contribution is -2.06. The van der Waals surface area contributed by atoms with Gasteiger partial charge in [0, 0.05) is 16.2 Å². The van der Waals surface area contributed by atoms with Crippen molar-refractivity contribution in [2.24, 2.45) is 0 Å². The highest BCUT2D eigenvalue weighted by atomic mass is 79.9. The Morgan fingerprint density at radius 3 is 2.85 bits per heavy atom. The molecule has 0 atom stereocenters. The molecule has 2 aromatic rings. The van der Waals surface area contributed by atoms with Gasteiger partial charge in [-0.15, -0.1) is 0 Å². The van der Waals surface area contributed by atoms with Crippen molar-refractivity contribution < 1.29 is 0 Å². The Balaban J connectivity index is 1.80. The van der Waals surface area contributed by atoms with E-state index in [-0.39, 0.29) is 0 Å². The fourth-order valence-corrected chi connectivity index (χ4v) is 2.27. The molecule has 3 rings (SSSR count). The highest BCUT2D eigenvalue weighted by Gasteiger charge is 2.22.